The summed E-state index contributed by atoms with van der Waals surface area (Å²) in [4.78, 5) is 11.1. The number of benzene rings is 1. The monoisotopic (exact) mass is 273 g/mol. The van der Waals surface area contributed by atoms with Crippen molar-refractivity contribution in [3.8, 4) is 0 Å². The standard InChI is InChI=1S/C11H15NO5S/c1-3-8(2)17-11(13)12-9-4-6-10(7-5-9)18(14,15)16/h4-8H,3H2,1-2H3,(H,12,13)(H,14,15,16). The van der Waals surface area contributed by atoms with Gasteiger partial charge in [-0.25, -0.2) is 4.79 Å². The summed E-state index contributed by atoms with van der Waals surface area (Å²) in [6, 6.07) is 5.10. The molecule has 0 heterocycles. The van der Waals surface area contributed by atoms with Crippen LogP contribution in [0.5, 0.6) is 0 Å². The summed E-state index contributed by atoms with van der Waals surface area (Å²) in [6.07, 6.45) is -0.0965. The van der Waals surface area contributed by atoms with Crippen molar-refractivity contribution in [2.45, 2.75) is 31.3 Å². The van der Waals surface area contributed by atoms with Crippen molar-refractivity contribution < 1.29 is 22.5 Å². The summed E-state index contributed by atoms with van der Waals surface area (Å²) in [5, 5.41) is 2.45. The lowest BCUT2D eigenvalue weighted by molar-refractivity contribution is 0.118. The van der Waals surface area contributed by atoms with Gasteiger partial charge in [0, 0.05) is 5.69 Å². The minimum Gasteiger partial charge on any atom is -0.446 e. The lowest BCUT2D eigenvalue weighted by Gasteiger charge is -2.11. The summed E-state index contributed by atoms with van der Waals surface area (Å²) in [7, 11) is -4.21. The van der Waals surface area contributed by atoms with E-state index in [1.807, 2.05) is 6.92 Å². The van der Waals surface area contributed by atoms with E-state index >= 15 is 0 Å². The van der Waals surface area contributed by atoms with Gasteiger partial charge in [-0.3, -0.25) is 9.87 Å². The van der Waals surface area contributed by atoms with Gasteiger partial charge in [0.1, 0.15) is 6.10 Å². The van der Waals surface area contributed by atoms with Crippen LogP contribution in [0.4, 0.5) is 10.5 Å². The van der Waals surface area contributed by atoms with Gasteiger partial charge in [-0.1, -0.05) is 6.92 Å². The normalized spacial score (nSPS) is 12.8. The molecule has 2 N–H and O–H groups in total. The van der Waals surface area contributed by atoms with Gasteiger partial charge in [0.05, 0.1) is 4.90 Å². The second-order valence-electron chi connectivity index (χ2n) is 3.75. The van der Waals surface area contributed by atoms with Crippen molar-refractivity contribution in [2.75, 3.05) is 5.32 Å². The third kappa shape index (κ3) is 4.34. The smallest absolute Gasteiger partial charge is 0.411 e. The molecule has 0 saturated carbocycles. The fourth-order valence-corrected chi connectivity index (χ4v) is 1.60. The molecule has 7 heteroatoms. The minimum atomic E-state index is -4.21. The van der Waals surface area contributed by atoms with Gasteiger partial charge in [-0.15, -0.1) is 0 Å². The van der Waals surface area contributed by atoms with E-state index in [4.69, 9.17) is 9.29 Å². The zero-order valence-electron chi connectivity index (χ0n) is 10.1. The molecule has 0 spiro atoms. The second-order valence-corrected chi connectivity index (χ2v) is 5.17. The molecule has 0 bridgehead atoms. The van der Waals surface area contributed by atoms with E-state index in [0.717, 1.165) is 0 Å². The lowest BCUT2D eigenvalue weighted by atomic mass is 10.3. The van der Waals surface area contributed by atoms with Crippen LogP contribution in [0.3, 0.4) is 0 Å². The number of hydrogen-bond acceptors (Lipinski definition) is 4. The Kier molecular flexibility index (Phi) is 4.69. The molecular weight excluding hydrogens is 258 g/mol. The highest BCUT2D eigenvalue weighted by Gasteiger charge is 2.10. The average molecular weight is 273 g/mol. The zero-order valence-corrected chi connectivity index (χ0v) is 10.9. The maximum atomic E-state index is 11.4. The molecule has 1 aromatic rings. The first-order chi connectivity index (χ1) is 8.32. The predicted molar refractivity (Wildman–Crippen MR) is 66.1 cm³/mol. The van der Waals surface area contributed by atoms with E-state index < -0.39 is 16.2 Å². The van der Waals surface area contributed by atoms with Crippen molar-refractivity contribution in [3.63, 3.8) is 0 Å². The van der Waals surface area contributed by atoms with Crippen molar-refractivity contribution in [3.05, 3.63) is 24.3 Å². The van der Waals surface area contributed by atoms with Gasteiger partial charge in [-0.2, -0.15) is 8.42 Å². The Labute approximate surface area is 106 Å². The summed E-state index contributed by atoms with van der Waals surface area (Å²) in [6.45, 7) is 3.65. The maximum Gasteiger partial charge on any atom is 0.411 e. The third-order valence-electron chi connectivity index (χ3n) is 2.28. The van der Waals surface area contributed by atoms with Crippen LogP contribution in [-0.2, 0) is 14.9 Å². The molecule has 1 rings (SSSR count). The SMILES string of the molecule is CCC(C)OC(=O)Nc1ccc(S(=O)(=O)O)cc1. The highest BCUT2D eigenvalue weighted by atomic mass is 32.2. The first kappa shape index (κ1) is 14.5. The number of anilines is 1. The van der Waals surface area contributed by atoms with Crippen LogP contribution >= 0.6 is 0 Å². The molecule has 100 valence electrons. The highest BCUT2D eigenvalue weighted by molar-refractivity contribution is 7.85. The fraction of sp³-hybridized carbons (Fsp3) is 0.364. The van der Waals surface area contributed by atoms with Crippen LogP contribution in [0.25, 0.3) is 0 Å². The topological polar surface area (TPSA) is 92.7 Å². The summed E-state index contributed by atoms with van der Waals surface area (Å²) in [5.74, 6) is 0. The quantitative estimate of drug-likeness (QED) is 0.821. The molecular formula is C11H15NO5S. The molecule has 1 unspecified atom stereocenters. The largest absolute Gasteiger partial charge is 0.446 e. The summed E-state index contributed by atoms with van der Waals surface area (Å²) >= 11 is 0. The predicted octanol–water partition coefficient (Wildman–Crippen LogP) is 2.28. The van der Waals surface area contributed by atoms with Crippen LogP contribution in [0.15, 0.2) is 29.2 Å². The molecule has 0 aliphatic carbocycles. The average Bonchev–Trinajstić information content (AvgIpc) is 2.28. The van der Waals surface area contributed by atoms with Gasteiger partial charge >= 0.3 is 6.09 Å². The Morgan fingerprint density at radius 1 is 1.39 bits per heavy atom. The summed E-state index contributed by atoms with van der Waals surface area (Å²) in [5.41, 5.74) is 0.385. The molecule has 0 radical (unpaired) electrons. The number of amides is 1. The minimum absolute atomic E-state index is 0.193. The molecule has 1 aromatic carbocycles. The number of nitrogens with one attached hydrogen (secondary N) is 1. The summed E-state index contributed by atoms with van der Waals surface area (Å²) < 4.78 is 35.3. The van der Waals surface area contributed by atoms with Gasteiger partial charge in [-0.05, 0) is 37.6 Å². The van der Waals surface area contributed by atoms with Crippen LogP contribution in [0.2, 0.25) is 0 Å². The number of ether oxygens (including phenoxy) is 1. The number of carbonyl (C=O) groups is 1. The Bertz CT molecular complexity index is 509. The third-order valence-corrected chi connectivity index (χ3v) is 3.15. The zero-order chi connectivity index (χ0) is 13.8. The molecule has 18 heavy (non-hydrogen) atoms. The Hall–Kier alpha value is -1.60. The molecule has 0 aromatic heterocycles. The second kappa shape index (κ2) is 5.83. The maximum absolute atomic E-state index is 11.4. The number of rotatable bonds is 4. The molecule has 0 aliphatic rings. The number of hydrogen-bond donors (Lipinski definition) is 2. The van der Waals surface area contributed by atoms with E-state index in [2.05, 4.69) is 5.32 Å². The van der Waals surface area contributed by atoms with Crippen molar-refractivity contribution in [1.29, 1.82) is 0 Å². The molecule has 6 nitrogen and oxygen atoms in total. The van der Waals surface area contributed by atoms with Crippen LogP contribution in [-0.4, -0.2) is 25.2 Å². The molecule has 1 atom stereocenters. The highest BCUT2D eigenvalue weighted by Crippen LogP contribution is 2.14. The number of carbonyl (C=O) groups excluding carboxylic acids is 1. The van der Waals surface area contributed by atoms with Crippen LogP contribution in [0, 0.1) is 0 Å². The van der Waals surface area contributed by atoms with Crippen molar-refractivity contribution in [2.24, 2.45) is 0 Å². The molecule has 0 aliphatic heterocycles. The van der Waals surface area contributed by atoms with Crippen LogP contribution in [0.1, 0.15) is 20.3 Å². The van der Waals surface area contributed by atoms with E-state index in [1.165, 1.54) is 24.3 Å². The van der Waals surface area contributed by atoms with Crippen molar-refractivity contribution in [1.82, 2.24) is 0 Å². The van der Waals surface area contributed by atoms with Gasteiger partial charge in [0.15, 0.2) is 0 Å². The van der Waals surface area contributed by atoms with Gasteiger partial charge in [0.25, 0.3) is 10.1 Å². The van der Waals surface area contributed by atoms with Crippen LogP contribution < -0.4 is 5.32 Å². The van der Waals surface area contributed by atoms with E-state index in [9.17, 15) is 13.2 Å². The van der Waals surface area contributed by atoms with Gasteiger partial charge < -0.3 is 4.74 Å². The fourth-order valence-electron chi connectivity index (χ4n) is 1.12. The van der Waals surface area contributed by atoms with Crippen molar-refractivity contribution >= 4 is 21.9 Å². The van der Waals surface area contributed by atoms with E-state index in [1.54, 1.807) is 6.92 Å². The van der Waals surface area contributed by atoms with Gasteiger partial charge in [0.2, 0.25) is 0 Å². The van der Waals surface area contributed by atoms with E-state index in [0.29, 0.717) is 12.1 Å². The Morgan fingerprint density at radius 3 is 2.39 bits per heavy atom. The Balaban J connectivity index is 2.67. The molecule has 0 fully saturated rings. The molecule has 1 amide bonds. The lowest BCUT2D eigenvalue weighted by Crippen LogP contribution is -2.19. The first-order valence-electron chi connectivity index (χ1n) is 5.38. The first-order valence-corrected chi connectivity index (χ1v) is 6.82. The molecule has 0 saturated heterocycles. The Morgan fingerprint density at radius 2 is 1.94 bits per heavy atom. The van der Waals surface area contributed by atoms with E-state index in [-0.39, 0.29) is 11.0 Å².